The Labute approximate surface area is 82.4 Å². The van der Waals surface area contributed by atoms with E-state index < -0.39 is 0 Å². The molecule has 1 rings (SSSR count). The summed E-state index contributed by atoms with van der Waals surface area (Å²) in [7, 11) is 0. The van der Waals surface area contributed by atoms with Gasteiger partial charge in [0.05, 0.1) is 17.9 Å². The normalized spacial score (nSPS) is 11.4. The summed E-state index contributed by atoms with van der Waals surface area (Å²) in [5.41, 5.74) is 0.771. The maximum atomic E-state index is 8.64. The molecule has 0 bridgehead atoms. The number of aliphatic hydroxyl groups is 1. The van der Waals surface area contributed by atoms with Crippen molar-refractivity contribution in [1.82, 2.24) is 0 Å². The highest BCUT2D eigenvalue weighted by molar-refractivity contribution is 6.48. The summed E-state index contributed by atoms with van der Waals surface area (Å²) in [6, 6.07) is 7.20. The van der Waals surface area contributed by atoms with Gasteiger partial charge in [-0.2, -0.15) is 0 Å². The number of halogens is 1. The smallest absolute Gasteiger partial charge is 0.119 e. The van der Waals surface area contributed by atoms with Crippen LogP contribution in [0.15, 0.2) is 30.5 Å². The van der Waals surface area contributed by atoms with Crippen molar-refractivity contribution in [3.8, 4) is 5.75 Å². The van der Waals surface area contributed by atoms with Crippen LogP contribution in [0.1, 0.15) is 12.5 Å². The number of rotatable bonds is 3. The van der Waals surface area contributed by atoms with Gasteiger partial charge in [-0.15, -0.1) is 0 Å². The molecule has 13 heavy (non-hydrogen) atoms. The molecule has 0 saturated carbocycles. The molecule has 0 amide bonds. The molecule has 0 aliphatic carbocycles. The van der Waals surface area contributed by atoms with Gasteiger partial charge in [0.15, 0.2) is 0 Å². The Balaban J connectivity index is 2.81. The van der Waals surface area contributed by atoms with Gasteiger partial charge in [-0.3, -0.25) is 0 Å². The van der Waals surface area contributed by atoms with E-state index in [0.717, 1.165) is 17.6 Å². The molecule has 0 fully saturated rings. The molecule has 0 aliphatic heterocycles. The summed E-state index contributed by atoms with van der Waals surface area (Å²) in [4.78, 5) is 0. The van der Waals surface area contributed by atoms with Gasteiger partial charge in [-0.1, -0.05) is 11.6 Å². The van der Waals surface area contributed by atoms with Crippen molar-refractivity contribution in [3.05, 3.63) is 36.1 Å². The van der Waals surface area contributed by atoms with E-state index in [9.17, 15) is 0 Å². The van der Waals surface area contributed by atoms with Crippen LogP contribution in [-0.4, -0.2) is 11.7 Å². The summed E-state index contributed by atoms with van der Waals surface area (Å²) in [5, 5.41) is 8.96. The van der Waals surface area contributed by atoms with Crippen molar-refractivity contribution in [2.24, 2.45) is 0 Å². The van der Waals surface area contributed by atoms with E-state index >= 15 is 0 Å². The Morgan fingerprint density at radius 3 is 2.54 bits per heavy atom. The predicted molar refractivity (Wildman–Crippen MR) is 54.1 cm³/mol. The van der Waals surface area contributed by atoms with Gasteiger partial charge in [-0.25, -0.2) is 0 Å². The first-order valence-corrected chi connectivity index (χ1v) is 4.39. The Hall–Kier alpha value is -1.15. The lowest BCUT2D eigenvalue weighted by atomic mass is 10.2. The van der Waals surface area contributed by atoms with Crippen molar-refractivity contribution in [2.45, 2.75) is 6.92 Å². The molecule has 0 aromatic heterocycles. The van der Waals surface area contributed by atoms with E-state index in [2.05, 4.69) is 0 Å². The molecule has 0 unspecified atom stereocenters. The van der Waals surface area contributed by atoms with Crippen molar-refractivity contribution in [3.63, 3.8) is 0 Å². The van der Waals surface area contributed by atoms with E-state index in [1.165, 1.54) is 0 Å². The zero-order valence-corrected chi connectivity index (χ0v) is 8.08. The lowest BCUT2D eigenvalue weighted by Crippen LogP contribution is -1.90. The Morgan fingerprint density at radius 1 is 1.46 bits per heavy atom. The Bertz CT molecular complexity index is 290. The van der Waals surface area contributed by atoms with Crippen LogP contribution >= 0.6 is 11.6 Å². The van der Waals surface area contributed by atoms with Gasteiger partial charge >= 0.3 is 0 Å². The molecule has 3 heteroatoms. The fourth-order valence-electron chi connectivity index (χ4n) is 0.952. The molecular weight excluding hydrogens is 188 g/mol. The number of hydrogen-bond acceptors (Lipinski definition) is 2. The van der Waals surface area contributed by atoms with E-state index in [0.29, 0.717) is 11.6 Å². The van der Waals surface area contributed by atoms with Gasteiger partial charge in [0.25, 0.3) is 0 Å². The van der Waals surface area contributed by atoms with Gasteiger partial charge in [-0.05, 0) is 36.8 Å². The second-order valence-corrected chi connectivity index (χ2v) is 2.84. The van der Waals surface area contributed by atoms with Crippen LogP contribution in [0.25, 0.3) is 5.03 Å². The minimum absolute atomic E-state index is 0.322. The molecule has 0 heterocycles. The molecule has 0 spiro atoms. The Morgan fingerprint density at radius 2 is 2.08 bits per heavy atom. The van der Waals surface area contributed by atoms with Crippen LogP contribution < -0.4 is 4.74 Å². The topological polar surface area (TPSA) is 29.5 Å². The molecule has 0 radical (unpaired) electrons. The van der Waals surface area contributed by atoms with Crippen molar-refractivity contribution < 1.29 is 9.84 Å². The summed E-state index contributed by atoms with van der Waals surface area (Å²) >= 11 is 5.69. The van der Waals surface area contributed by atoms with Gasteiger partial charge < -0.3 is 9.84 Å². The second-order valence-electron chi connectivity index (χ2n) is 2.43. The van der Waals surface area contributed by atoms with Crippen molar-refractivity contribution in [2.75, 3.05) is 6.61 Å². The highest BCUT2D eigenvalue weighted by atomic mass is 35.5. The van der Waals surface area contributed by atoms with Gasteiger partial charge in [0, 0.05) is 0 Å². The van der Waals surface area contributed by atoms with Crippen molar-refractivity contribution >= 4 is 16.6 Å². The lowest BCUT2D eigenvalue weighted by Gasteiger charge is -2.03. The molecule has 70 valence electrons. The third kappa shape index (κ3) is 2.67. The van der Waals surface area contributed by atoms with E-state index in [4.69, 9.17) is 21.4 Å². The van der Waals surface area contributed by atoms with Crippen LogP contribution in [0.4, 0.5) is 0 Å². The monoisotopic (exact) mass is 198 g/mol. The first-order chi connectivity index (χ1) is 6.27. The molecule has 1 aromatic rings. The maximum Gasteiger partial charge on any atom is 0.119 e. The van der Waals surface area contributed by atoms with Gasteiger partial charge in [0.2, 0.25) is 0 Å². The first-order valence-electron chi connectivity index (χ1n) is 4.01. The summed E-state index contributed by atoms with van der Waals surface area (Å²) in [6.45, 7) is 2.57. The quantitative estimate of drug-likeness (QED) is 0.756. The maximum absolute atomic E-state index is 8.64. The zero-order chi connectivity index (χ0) is 9.68. The van der Waals surface area contributed by atoms with Crippen LogP contribution in [0.2, 0.25) is 0 Å². The number of hydrogen-bond donors (Lipinski definition) is 1. The van der Waals surface area contributed by atoms with Crippen LogP contribution in [-0.2, 0) is 0 Å². The average molecular weight is 199 g/mol. The highest BCUT2D eigenvalue weighted by Gasteiger charge is 1.97. The van der Waals surface area contributed by atoms with E-state index in [1.54, 1.807) is 12.1 Å². The molecule has 2 nitrogen and oxygen atoms in total. The number of aliphatic hydroxyl groups excluding tert-OH is 1. The van der Waals surface area contributed by atoms with Crippen LogP contribution in [0.5, 0.6) is 5.75 Å². The largest absolute Gasteiger partial charge is 0.514 e. The second kappa shape index (κ2) is 4.77. The van der Waals surface area contributed by atoms with Crippen LogP contribution in [0.3, 0.4) is 0 Å². The standard InChI is InChI=1S/C10H11ClO2/c1-2-13-9-5-3-8(4-6-9)10(11)7-12/h3-7,12H,2H2,1H3/b10-7-. The minimum Gasteiger partial charge on any atom is -0.514 e. The average Bonchev–Trinajstić information content (AvgIpc) is 2.18. The third-order valence-corrected chi connectivity index (χ3v) is 1.87. The first kappa shape index (κ1) is 9.93. The zero-order valence-electron chi connectivity index (χ0n) is 7.33. The summed E-state index contributed by atoms with van der Waals surface area (Å²) < 4.78 is 5.25. The van der Waals surface area contributed by atoms with Crippen LogP contribution in [0, 0.1) is 0 Å². The fourth-order valence-corrected chi connectivity index (χ4v) is 1.08. The molecule has 0 aliphatic rings. The van der Waals surface area contributed by atoms with E-state index in [-0.39, 0.29) is 0 Å². The molecule has 1 N–H and O–H groups in total. The summed E-state index contributed by atoms with van der Waals surface area (Å²) in [5.74, 6) is 0.800. The molecule has 0 atom stereocenters. The lowest BCUT2D eigenvalue weighted by molar-refractivity contribution is 0.340. The number of ether oxygens (including phenoxy) is 1. The predicted octanol–water partition coefficient (Wildman–Crippen LogP) is 3.18. The third-order valence-electron chi connectivity index (χ3n) is 1.55. The highest BCUT2D eigenvalue weighted by Crippen LogP contribution is 2.20. The fraction of sp³-hybridized carbons (Fsp3) is 0.200. The molecular formula is C10H11ClO2. The number of benzene rings is 1. The molecule has 1 aromatic carbocycles. The Kier molecular flexibility index (Phi) is 3.65. The van der Waals surface area contributed by atoms with E-state index in [1.807, 2.05) is 19.1 Å². The summed E-state index contributed by atoms with van der Waals surface area (Å²) in [6.07, 6.45) is 0.872. The van der Waals surface area contributed by atoms with Gasteiger partial charge in [0.1, 0.15) is 5.75 Å². The minimum atomic E-state index is 0.322. The van der Waals surface area contributed by atoms with Crippen molar-refractivity contribution in [1.29, 1.82) is 0 Å². The molecule has 0 saturated heterocycles. The SMILES string of the molecule is CCOc1ccc(/C(Cl)=C/O)cc1.